The van der Waals surface area contributed by atoms with E-state index in [4.69, 9.17) is 16.6 Å². The molecule has 1 aliphatic rings. The van der Waals surface area contributed by atoms with Crippen molar-refractivity contribution >= 4 is 23.5 Å². The average molecular weight is 409 g/mol. The van der Waals surface area contributed by atoms with Crippen LogP contribution in [-0.2, 0) is 0 Å². The van der Waals surface area contributed by atoms with Gasteiger partial charge in [-0.05, 0) is 55.9 Å². The Morgan fingerprint density at radius 1 is 1.11 bits per heavy atom. The van der Waals surface area contributed by atoms with Crippen molar-refractivity contribution in [3.63, 3.8) is 0 Å². The Morgan fingerprint density at radius 3 is 2.43 bits per heavy atom. The van der Waals surface area contributed by atoms with Crippen molar-refractivity contribution in [2.24, 2.45) is 10.4 Å². The Morgan fingerprint density at radius 2 is 1.79 bits per heavy atom. The summed E-state index contributed by atoms with van der Waals surface area (Å²) in [6.45, 7) is 4.82. The van der Waals surface area contributed by atoms with Crippen LogP contribution in [0, 0.1) is 5.41 Å². The van der Waals surface area contributed by atoms with Crippen molar-refractivity contribution in [1.82, 2.24) is 16.0 Å². The van der Waals surface area contributed by atoms with Gasteiger partial charge in [0.1, 0.15) is 0 Å². The van der Waals surface area contributed by atoms with Crippen molar-refractivity contribution < 1.29 is 9.90 Å². The third-order valence-electron chi connectivity index (χ3n) is 5.28. The molecule has 1 amide bonds. The number of amides is 1. The molecule has 28 heavy (non-hydrogen) atoms. The van der Waals surface area contributed by atoms with E-state index in [2.05, 4.69) is 16.0 Å². The Hall–Kier alpha value is -1.79. The Kier molecular flexibility index (Phi) is 9.58. The maximum atomic E-state index is 12.1. The summed E-state index contributed by atoms with van der Waals surface area (Å²) in [5.74, 6) is 0.635. The molecule has 0 heterocycles. The number of aliphatic imine (C=N–C) groups is 1. The number of benzene rings is 1. The molecule has 0 aromatic heterocycles. The van der Waals surface area contributed by atoms with Crippen LogP contribution in [0.2, 0.25) is 5.02 Å². The number of nitrogens with one attached hydrogen (secondary N) is 3. The molecule has 1 aliphatic carbocycles. The van der Waals surface area contributed by atoms with E-state index in [9.17, 15) is 9.90 Å². The van der Waals surface area contributed by atoms with Gasteiger partial charge in [0.15, 0.2) is 5.96 Å². The fourth-order valence-electron chi connectivity index (χ4n) is 3.67. The number of hydrogen-bond acceptors (Lipinski definition) is 3. The molecule has 0 aliphatic heterocycles. The zero-order valence-corrected chi connectivity index (χ0v) is 17.5. The van der Waals surface area contributed by atoms with Crippen LogP contribution in [0.5, 0.6) is 0 Å². The topological polar surface area (TPSA) is 85.8 Å². The molecule has 0 spiro atoms. The maximum absolute atomic E-state index is 12.1. The summed E-state index contributed by atoms with van der Waals surface area (Å²) in [5, 5.41) is 19.5. The summed E-state index contributed by atoms with van der Waals surface area (Å²) in [5.41, 5.74) is 0.714. The van der Waals surface area contributed by atoms with Gasteiger partial charge in [-0.25, -0.2) is 0 Å². The molecule has 6 nitrogen and oxygen atoms in total. The molecule has 1 aromatic rings. The van der Waals surface area contributed by atoms with Crippen molar-refractivity contribution in [2.45, 2.75) is 45.4 Å². The third kappa shape index (κ3) is 7.32. The van der Waals surface area contributed by atoms with Crippen molar-refractivity contribution in [1.29, 1.82) is 0 Å². The van der Waals surface area contributed by atoms with Gasteiger partial charge in [-0.2, -0.15) is 0 Å². The predicted octanol–water partition coefficient (Wildman–Crippen LogP) is 2.96. The summed E-state index contributed by atoms with van der Waals surface area (Å²) in [7, 11) is 0. The Balaban J connectivity index is 1.81. The summed E-state index contributed by atoms with van der Waals surface area (Å²) in [6.07, 6.45) is 6.79. The molecule has 4 N–H and O–H groups in total. The molecule has 0 atom stereocenters. The van der Waals surface area contributed by atoms with E-state index in [-0.39, 0.29) is 17.9 Å². The third-order valence-corrected chi connectivity index (χ3v) is 5.53. The van der Waals surface area contributed by atoms with E-state index >= 15 is 0 Å². The molecule has 0 unspecified atom stereocenters. The van der Waals surface area contributed by atoms with Gasteiger partial charge < -0.3 is 21.1 Å². The number of hydrogen-bond donors (Lipinski definition) is 4. The maximum Gasteiger partial charge on any atom is 0.251 e. The first-order chi connectivity index (χ1) is 13.6. The molecule has 156 valence electrons. The predicted molar refractivity (Wildman–Crippen MR) is 115 cm³/mol. The lowest BCUT2D eigenvalue weighted by molar-refractivity contribution is 0.0954. The second-order valence-corrected chi connectivity index (χ2v) is 7.86. The number of nitrogens with zero attached hydrogens (tertiary/aromatic N) is 1. The van der Waals surface area contributed by atoms with Gasteiger partial charge in [0, 0.05) is 43.4 Å². The van der Waals surface area contributed by atoms with Gasteiger partial charge in [-0.1, -0.05) is 30.9 Å². The number of carbonyl (C=O) groups excluding carboxylic acids is 1. The van der Waals surface area contributed by atoms with E-state index < -0.39 is 0 Å². The molecule has 0 bridgehead atoms. The van der Waals surface area contributed by atoms with Crippen LogP contribution in [0.1, 0.15) is 55.8 Å². The lowest BCUT2D eigenvalue weighted by atomic mass is 9.72. The molecule has 7 heteroatoms. The number of halogens is 1. The van der Waals surface area contributed by atoms with Crippen LogP contribution < -0.4 is 16.0 Å². The number of carbonyl (C=O) groups is 1. The average Bonchev–Trinajstić information content (AvgIpc) is 2.70. The summed E-state index contributed by atoms with van der Waals surface area (Å²) >= 11 is 5.85. The van der Waals surface area contributed by atoms with E-state index in [1.165, 1.54) is 19.3 Å². The van der Waals surface area contributed by atoms with E-state index in [1.807, 2.05) is 6.92 Å². The molecule has 0 radical (unpaired) electrons. The minimum absolute atomic E-state index is 0.121. The van der Waals surface area contributed by atoms with E-state index in [1.54, 1.807) is 24.3 Å². The second kappa shape index (κ2) is 11.9. The molecule has 1 fully saturated rings. The standard InChI is InChI=1S/C21H33ClN4O2/c1-2-23-20(26-16-21(12-15-27)10-4-3-5-11-21)25-14-13-24-19(28)17-6-8-18(22)9-7-17/h6-9,27H,2-5,10-16H2,1H3,(H,24,28)(H2,23,25,26). The van der Waals surface area contributed by atoms with Crippen LogP contribution in [0.4, 0.5) is 0 Å². The first-order valence-electron chi connectivity index (χ1n) is 10.3. The lowest BCUT2D eigenvalue weighted by Crippen LogP contribution is -2.42. The first-order valence-corrected chi connectivity index (χ1v) is 10.6. The van der Waals surface area contributed by atoms with Gasteiger partial charge in [-0.15, -0.1) is 0 Å². The zero-order valence-electron chi connectivity index (χ0n) is 16.8. The Labute approximate surface area is 173 Å². The van der Waals surface area contributed by atoms with Gasteiger partial charge in [0.2, 0.25) is 0 Å². The minimum Gasteiger partial charge on any atom is -0.396 e. The highest BCUT2D eigenvalue weighted by molar-refractivity contribution is 6.30. The highest BCUT2D eigenvalue weighted by atomic mass is 35.5. The van der Waals surface area contributed by atoms with Crippen molar-refractivity contribution in [2.75, 3.05) is 32.8 Å². The van der Waals surface area contributed by atoms with Crippen LogP contribution in [0.25, 0.3) is 0 Å². The highest BCUT2D eigenvalue weighted by Gasteiger charge is 2.31. The van der Waals surface area contributed by atoms with Gasteiger partial charge in [0.05, 0.1) is 0 Å². The molecular formula is C21H33ClN4O2. The second-order valence-electron chi connectivity index (χ2n) is 7.42. The Bertz CT molecular complexity index is 622. The number of aliphatic hydroxyl groups excluding tert-OH is 1. The molecule has 1 aromatic carbocycles. The highest BCUT2D eigenvalue weighted by Crippen LogP contribution is 2.39. The normalized spacial score (nSPS) is 16.5. The largest absolute Gasteiger partial charge is 0.396 e. The first kappa shape index (κ1) is 22.5. The fraction of sp³-hybridized carbons (Fsp3) is 0.619. The monoisotopic (exact) mass is 408 g/mol. The quantitative estimate of drug-likeness (QED) is 0.287. The van der Waals surface area contributed by atoms with Crippen LogP contribution >= 0.6 is 11.6 Å². The number of guanidine groups is 1. The van der Waals surface area contributed by atoms with Gasteiger partial charge in [0.25, 0.3) is 5.91 Å². The molecular weight excluding hydrogens is 376 g/mol. The number of rotatable bonds is 9. The van der Waals surface area contributed by atoms with Gasteiger partial charge >= 0.3 is 0 Å². The summed E-state index contributed by atoms with van der Waals surface area (Å²) in [4.78, 5) is 16.9. The van der Waals surface area contributed by atoms with Crippen molar-refractivity contribution in [3.05, 3.63) is 34.9 Å². The van der Waals surface area contributed by atoms with Crippen LogP contribution in [0.3, 0.4) is 0 Å². The summed E-state index contributed by atoms with van der Waals surface area (Å²) < 4.78 is 0. The zero-order chi connectivity index (χ0) is 20.2. The molecule has 0 saturated heterocycles. The SMILES string of the molecule is CCNC(=NCC1(CCO)CCCCC1)NCCNC(=O)c1ccc(Cl)cc1. The lowest BCUT2D eigenvalue weighted by Gasteiger charge is -2.35. The van der Waals surface area contributed by atoms with Crippen LogP contribution in [0.15, 0.2) is 29.3 Å². The minimum atomic E-state index is -0.121. The molecule has 1 saturated carbocycles. The van der Waals surface area contributed by atoms with Crippen LogP contribution in [-0.4, -0.2) is 49.8 Å². The smallest absolute Gasteiger partial charge is 0.251 e. The van der Waals surface area contributed by atoms with E-state index in [0.717, 1.165) is 38.3 Å². The summed E-state index contributed by atoms with van der Waals surface area (Å²) in [6, 6.07) is 6.83. The number of aliphatic hydroxyl groups is 1. The van der Waals surface area contributed by atoms with E-state index in [0.29, 0.717) is 23.7 Å². The fourth-order valence-corrected chi connectivity index (χ4v) is 3.80. The molecule has 2 rings (SSSR count). The van der Waals surface area contributed by atoms with Crippen molar-refractivity contribution in [3.8, 4) is 0 Å². The van der Waals surface area contributed by atoms with Gasteiger partial charge in [-0.3, -0.25) is 9.79 Å².